The van der Waals surface area contributed by atoms with Crippen molar-refractivity contribution in [3.05, 3.63) is 60.7 Å². The Morgan fingerprint density at radius 3 is 0.900 bits per heavy atom. The molecule has 0 aliphatic heterocycles. The van der Waals surface area contributed by atoms with Gasteiger partial charge in [0.25, 0.3) is 0 Å². The summed E-state index contributed by atoms with van der Waals surface area (Å²) in [4.78, 5) is 0. The van der Waals surface area contributed by atoms with Crippen LogP contribution in [0.1, 0.15) is 6.92 Å². The third-order valence-electron chi connectivity index (χ3n) is 1.11. The summed E-state index contributed by atoms with van der Waals surface area (Å²) in [7, 11) is 0. The molecule has 0 unspecified atom stereocenters. The van der Waals surface area contributed by atoms with Gasteiger partial charge in [-0.1, -0.05) is 0 Å². The van der Waals surface area contributed by atoms with Crippen LogP contribution in [0.3, 0.4) is 0 Å². The van der Waals surface area contributed by atoms with E-state index in [9.17, 15) is 0 Å². The molecule has 0 aliphatic carbocycles. The van der Waals surface area contributed by atoms with E-state index in [0.717, 1.165) is 0 Å². The van der Waals surface area contributed by atoms with Crippen LogP contribution in [-0.4, -0.2) is 0 Å². The first kappa shape index (κ1) is 49.7. The third kappa shape index (κ3) is 51.0. The number of nitrogens with zero attached hydrogens (tertiary/aromatic N) is 1. The maximum absolute atomic E-state index is 7.32. The average molecular weight is 452 g/mol. The number of halogens is 5. The van der Waals surface area contributed by atoms with Crippen LogP contribution in [-0.2, 0) is 38.8 Å². The van der Waals surface area contributed by atoms with Crippen molar-refractivity contribution in [2.45, 2.75) is 6.92 Å². The molecule has 0 atom stereocenters. The predicted octanol–water partition coefficient (Wildman–Crippen LogP) is -11.6. The zero-order valence-electron chi connectivity index (χ0n) is 10.5. The molecule has 0 aromatic heterocycles. The number of nitriles is 1. The summed E-state index contributed by atoms with van der Waals surface area (Å²) in [5.41, 5.74) is 0. The predicted molar refractivity (Wildman–Crippen MR) is 55.4 cm³/mol. The Hall–Kier alpha value is 0.874. The zero-order chi connectivity index (χ0) is 9.78. The molecular weight excluding hydrogens is 439 g/mol. The van der Waals surface area contributed by atoms with Crippen molar-refractivity contribution < 1.29 is 101 Å². The molecule has 2 aromatic carbocycles. The van der Waals surface area contributed by atoms with E-state index in [-0.39, 0.29) is 101 Å². The summed E-state index contributed by atoms with van der Waals surface area (Å²) >= 11 is 0. The van der Waals surface area contributed by atoms with Crippen LogP contribution >= 0.6 is 0 Å². The van der Waals surface area contributed by atoms with Crippen molar-refractivity contribution in [2.24, 2.45) is 0 Å². The van der Waals surface area contributed by atoms with Crippen LogP contribution in [0, 0.1) is 11.3 Å². The van der Waals surface area contributed by atoms with Crippen LogP contribution < -0.4 is 62.0 Å². The van der Waals surface area contributed by atoms with E-state index in [0.29, 0.717) is 0 Å². The Balaban J connectivity index is -0.0000000157. The number of hydrogen-bond acceptors (Lipinski definition) is 1. The standard InChI is InChI=1S/2C5H5.C2H3N.5ClH.Fe.Ti/c2*1-2-4-5-3-1;1-2-3;;;;;;;/h2*1-5H;1H3;5*1H;;/q2*-1;;;;;;;+3;+4/p-5. The Kier molecular flexibility index (Phi) is 125. The summed E-state index contributed by atoms with van der Waals surface area (Å²) < 4.78 is 0. The summed E-state index contributed by atoms with van der Waals surface area (Å²) in [5.74, 6) is 0. The first-order chi connectivity index (χ1) is 6.41. The second-order valence-electron chi connectivity index (χ2n) is 2.15. The molecule has 0 bridgehead atoms. The quantitative estimate of drug-likeness (QED) is 0.288. The Morgan fingerprint density at radius 1 is 0.700 bits per heavy atom. The molecule has 0 spiro atoms. The summed E-state index contributed by atoms with van der Waals surface area (Å²) in [5, 5.41) is 7.32. The molecule has 0 N–H and O–H groups in total. The number of rotatable bonds is 0. The Morgan fingerprint density at radius 2 is 0.850 bits per heavy atom. The molecule has 2 rings (SSSR count). The van der Waals surface area contributed by atoms with E-state index in [1.165, 1.54) is 6.92 Å². The molecule has 113 valence electrons. The van der Waals surface area contributed by atoms with E-state index in [1.807, 2.05) is 60.7 Å². The first-order valence-corrected chi connectivity index (χ1v) is 4.06. The van der Waals surface area contributed by atoms with E-state index in [4.69, 9.17) is 5.26 Å². The van der Waals surface area contributed by atoms with Gasteiger partial charge in [0.1, 0.15) is 0 Å². The maximum Gasteiger partial charge on any atom is 4.00 e. The SMILES string of the molecule is CC#N.[Cl-].[Cl-].[Cl-].[Cl-].[Cl-].[Fe+3].[Ti+4].c1cc[cH-]c1.c1cc[cH-]c1. The summed E-state index contributed by atoms with van der Waals surface area (Å²) in [6, 6.07) is 21.8. The van der Waals surface area contributed by atoms with Crippen molar-refractivity contribution in [1.29, 1.82) is 5.26 Å². The molecule has 0 saturated carbocycles. The molecular formula is C12H13Cl5FeNTi. The Bertz CT molecular complexity index is 237. The van der Waals surface area contributed by atoms with Crippen molar-refractivity contribution >= 4 is 0 Å². The van der Waals surface area contributed by atoms with E-state index in [2.05, 4.69) is 0 Å². The second-order valence-corrected chi connectivity index (χ2v) is 2.15. The third-order valence-corrected chi connectivity index (χ3v) is 1.11. The summed E-state index contributed by atoms with van der Waals surface area (Å²) in [6.45, 7) is 1.43. The average Bonchev–Trinajstić information content (AvgIpc) is 2.85. The largest absolute Gasteiger partial charge is 4.00 e. The molecule has 8 heteroatoms. The minimum Gasteiger partial charge on any atom is -1.00 e. The van der Waals surface area contributed by atoms with Gasteiger partial charge in [0.05, 0.1) is 6.07 Å². The van der Waals surface area contributed by atoms with Gasteiger partial charge < -0.3 is 62.0 Å². The van der Waals surface area contributed by atoms with Crippen molar-refractivity contribution in [1.82, 2.24) is 0 Å². The van der Waals surface area contributed by atoms with Gasteiger partial charge in [-0.3, -0.25) is 0 Å². The van der Waals surface area contributed by atoms with Crippen molar-refractivity contribution in [3.8, 4) is 6.07 Å². The van der Waals surface area contributed by atoms with E-state index >= 15 is 0 Å². The van der Waals surface area contributed by atoms with Gasteiger partial charge in [0.15, 0.2) is 0 Å². The van der Waals surface area contributed by atoms with E-state index in [1.54, 1.807) is 6.07 Å². The molecule has 0 fully saturated rings. The van der Waals surface area contributed by atoms with Gasteiger partial charge in [0, 0.05) is 6.92 Å². The second kappa shape index (κ2) is 50.2. The maximum atomic E-state index is 7.32. The van der Waals surface area contributed by atoms with Crippen molar-refractivity contribution in [3.63, 3.8) is 0 Å². The zero-order valence-corrected chi connectivity index (χ0v) is 16.9. The molecule has 20 heavy (non-hydrogen) atoms. The first-order valence-electron chi connectivity index (χ1n) is 4.06. The Labute approximate surface area is 178 Å². The van der Waals surface area contributed by atoms with Gasteiger partial charge in [-0.05, 0) is 0 Å². The van der Waals surface area contributed by atoms with Crippen LogP contribution in [0.2, 0.25) is 0 Å². The smallest absolute Gasteiger partial charge is 1.00 e. The van der Waals surface area contributed by atoms with Crippen molar-refractivity contribution in [2.75, 3.05) is 0 Å². The van der Waals surface area contributed by atoms with Gasteiger partial charge in [-0.15, -0.1) is 0 Å². The van der Waals surface area contributed by atoms with Gasteiger partial charge in [-0.2, -0.15) is 41.7 Å². The van der Waals surface area contributed by atoms with Crippen LogP contribution in [0.15, 0.2) is 60.7 Å². The van der Waals surface area contributed by atoms with Crippen LogP contribution in [0.5, 0.6) is 0 Å². The number of hydrogen-bond donors (Lipinski definition) is 0. The van der Waals surface area contributed by atoms with Gasteiger partial charge >= 0.3 is 38.8 Å². The van der Waals surface area contributed by atoms with Gasteiger partial charge in [0.2, 0.25) is 0 Å². The van der Waals surface area contributed by atoms with E-state index < -0.39 is 0 Å². The molecule has 0 aliphatic rings. The minimum atomic E-state index is 0. The van der Waals surface area contributed by atoms with Gasteiger partial charge in [-0.25, -0.2) is 24.3 Å². The topological polar surface area (TPSA) is 23.8 Å². The molecule has 2 aromatic rings. The molecule has 1 nitrogen and oxygen atoms in total. The fraction of sp³-hybridized carbons (Fsp3) is 0.0833. The fourth-order valence-corrected chi connectivity index (χ4v) is 0.642. The van der Waals surface area contributed by atoms with Crippen LogP contribution in [0.25, 0.3) is 0 Å². The van der Waals surface area contributed by atoms with Crippen LogP contribution in [0.4, 0.5) is 0 Å². The molecule has 0 saturated heterocycles. The monoisotopic (exact) mass is 450 g/mol. The normalized spacial score (nSPS) is 4.40. The molecule has 1 radical (unpaired) electrons. The fourth-order valence-electron chi connectivity index (χ4n) is 0.642. The molecule has 0 amide bonds. The minimum absolute atomic E-state index is 0. The molecule has 0 heterocycles. The summed E-state index contributed by atoms with van der Waals surface area (Å²) in [6.07, 6.45) is 0.